The summed E-state index contributed by atoms with van der Waals surface area (Å²) < 4.78 is 46.1. The van der Waals surface area contributed by atoms with Crippen LogP contribution in [0.4, 0.5) is 10.1 Å². The maximum atomic E-state index is 13.5. The van der Waals surface area contributed by atoms with Crippen molar-refractivity contribution in [2.75, 3.05) is 18.4 Å². The van der Waals surface area contributed by atoms with E-state index in [4.69, 9.17) is 16.3 Å². The third-order valence-corrected chi connectivity index (χ3v) is 6.47. The molecule has 1 heterocycles. The van der Waals surface area contributed by atoms with E-state index >= 15 is 0 Å². The standard InChI is InChI=1S/C19H20ClFN2O4S/c1-12-10-23(11-13(2)27-12)28(25,26)16-6-3-14(4-7-16)19(24)22-15-5-8-17(20)18(21)9-15/h3-9,12-13H,10-11H2,1-2H3,(H,22,24). The summed E-state index contributed by atoms with van der Waals surface area (Å²) in [7, 11) is -3.68. The van der Waals surface area contributed by atoms with Gasteiger partial charge in [-0.25, -0.2) is 12.8 Å². The second-order valence-corrected chi connectivity index (χ2v) is 9.03. The number of carbonyl (C=O) groups is 1. The first-order chi connectivity index (χ1) is 13.2. The van der Waals surface area contributed by atoms with E-state index in [0.717, 1.165) is 6.07 Å². The minimum Gasteiger partial charge on any atom is -0.373 e. The number of nitrogens with zero attached hydrogens (tertiary/aromatic N) is 1. The summed E-state index contributed by atoms with van der Waals surface area (Å²) in [6.45, 7) is 4.20. The van der Waals surface area contributed by atoms with Crippen LogP contribution in [0, 0.1) is 5.82 Å². The van der Waals surface area contributed by atoms with Crippen LogP contribution in [0.15, 0.2) is 47.4 Å². The SMILES string of the molecule is CC1CN(S(=O)(=O)c2ccc(C(=O)Nc3ccc(Cl)c(F)c3)cc2)CC(C)O1. The molecule has 1 saturated heterocycles. The molecular weight excluding hydrogens is 407 g/mol. The van der Waals surface area contributed by atoms with Crippen molar-refractivity contribution in [2.45, 2.75) is 31.0 Å². The maximum Gasteiger partial charge on any atom is 0.255 e. The molecule has 0 radical (unpaired) electrons. The number of halogens is 2. The lowest BCUT2D eigenvalue weighted by atomic mass is 10.2. The van der Waals surface area contributed by atoms with Crippen LogP contribution in [-0.4, -0.2) is 43.9 Å². The summed E-state index contributed by atoms with van der Waals surface area (Å²) in [4.78, 5) is 12.4. The zero-order valence-corrected chi connectivity index (χ0v) is 16.9. The highest BCUT2D eigenvalue weighted by Gasteiger charge is 2.32. The predicted octanol–water partition coefficient (Wildman–Crippen LogP) is 3.53. The molecule has 0 spiro atoms. The maximum absolute atomic E-state index is 13.5. The molecule has 0 saturated carbocycles. The lowest BCUT2D eigenvalue weighted by molar-refractivity contribution is -0.0440. The number of anilines is 1. The number of benzene rings is 2. The predicted molar refractivity (Wildman–Crippen MR) is 105 cm³/mol. The van der Waals surface area contributed by atoms with Gasteiger partial charge in [-0.3, -0.25) is 4.79 Å². The van der Waals surface area contributed by atoms with Gasteiger partial charge in [0.1, 0.15) is 5.82 Å². The second kappa shape index (κ2) is 8.16. The lowest BCUT2D eigenvalue weighted by Gasteiger charge is -2.34. The van der Waals surface area contributed by atoms with Crippen LogP contribution in [0.5, 0.6) is 0 Å². The van der Waals surface area contributed by atoms with Crippen molar-refractivity contribution in [2.24, 2.45) is 0 Å². The number of rotatable bonds is 4. The highest BCUT2D eigenvalue weighted by atomic mass is 35.5. The fourth-order valence-electron chi connectivity index (χ4n) is 3.03. The normalized spacial score (nSPS) is 20.7. The molecule has 1 aliphatic heterocycles. The Morgan fingerprint density at radius 3 is 2.32 bits per heavy atom. The summed E-state index contributed by atoms with van der Waals surface area (Å²) in [5.74, 6) is -1.13. The molecule has 6 nitrogen and oxygen atoms in total. The van der Waals surface area contributed by atoms with E-state index in [9.17, 15) is 17.6 Å². The first kappa shape index (κ1) is 20.7. The Balaban J connectivity index is 1.75. The summed E-state index contributed by atoms with van der Waals surface area (Å²) in [6, 6.07) is 9.54. The zero-order valence-electron chi connectivity index (χ0n) is 15.4. The molecule has 2 atom stereocenters. The first-order valence-electron chi connectivity index (χ1n) is 8.69. The van der Waals surface area contributed by atoms with E-state index in [1.54, 1.807) is 0 Å². The first-order valence-corrected chi connectivity index (χ1v) is 10.5. The highest BCUT2D eigenvalue weighted by Crippen LogP contribution is 2.22. The summed E-state index contributed by atoms with van der Waals surface area (Å²) >= 11 is 5.62. The quantitative estimate of drug-likeness (QED) is 0.811. The topological polar surface area (TPSA) is 75.7 Å². The van der Waals surface area contributed by atoms with E-state index in [1.807, 2.05) is 13.8 Å². The molecule has 2 aromatic carbocycles. The average molecular weight is 427 g/mol. The van der Waals surface area contributed by atoms with Gasteiger partial charge in [0.2, 0.25) is 10.0 Å². The third kappa shape index (κ3) is 4.52. The largest absolute Gasteiger partial charge is 0.373 e. The molecule has 2 unspecified atom stereocenters. The number of ether oxygens (including phenoxy) is 1. The van der Waals surface area contributed by atoms with Crippen molar-refractivity contribution in [3.05, 3.63) is 58.9 Å². The van der Waals surface area contributed by atoms with Crippen LogP contribution in [0.3, 0.4) is 0 Å². The van der Waals surface area contributed by atoms with Gasteiger partial charge in [-0.2, -0.15) is 4.31 Å². The van der Waals surface area contributed by atoms with Crippen molar-refractivity contribution in [3.8, 4) is 0 Å². The van der Waals surface area contributed by atoms with Gasteiger partial charge in [0.15, 0.2) is 0 Å². The van der Waals surface area contributed by atoms with Crippen LogP contribution < -0.4 is 5.32 Å². The Bertz CT molecular complexity index is 972. The van der Waals surface area contributed by atoms with Gasteiger partial charge in [0.25, 0.3) is 5.91 Å². The second-order valence-electron chi connectivity index (χ2n) is 6.69. The van der Waals surface area contributed by atoms with Crippen molar-refractivity contribution < 1.29 is 22.3 Å². The van der Waals surface area contributed by atoms with Crippen molar-refractivity contribution in [1.29, 1.82) is 0 Å². The van der Waals surface area contributed by atoms with Crippen molar-refractivity contribution in [3.63, 3.8) is 0 Å². The van der Waals surface area contributed by atoms with Gasteiger partial charge in [-0.15, -0.1) is 0 Å². The number of morpholine rings is 1. The molecule has 3 rings (SSSR count). The fourth-order valence-corrected chi connectivity index (χ4v) is 4.74. The molecule has 150 valence electrons. The summed E-state index contributed by atoms with van der Waals surface area (Å²) in [5.41, 5.74) is 0.498. The van der Waals surface area contributed by atoms with Gasteiger partial charge in [0, 0.05) is 24.3 Å². The van der Waals surface area contributed by atoms with Gasteiger partial charge in [-0.1, -0.05) is 11.6 Å². The van der Waals surface area contributed by atoms with Crippen LogP contribution in [-0.2, 0) is 14.8 Å². The number of sulfonamides is 1. The molecule has 0 aliphatic carbocycles. The van der Waals surface area contributed by atoms with Gasteiger partial charge in [-0.05, 0) is 56.3 Å². The number of hydrogen-bond acceptors (Lipinski definition) is 4. The van der Waals surface area contributed by atoms with Crippen LogP contribution in [0.2, 0.25) is 5.02 Å². The van der Waals surface area contributed by atoms with Gasteiger partial charge in [0.05, 0.1) is 22.1 Å². The molecule has 0 aromatic heterocycles. The Hall–Kier alpha value is -2.00. The molecular formula is C19H20ClFN2O4S. The smallest absolute Gasteiger partial charge is 0.255 e. The van der Waals surface area contributed by atoms with E-state index in [2.05, 4.69) is 5.32 Å². The van der Waals surface area contributed by atoms with Crippen LogP contribution in [0.1, 0.15) is 24.2 Å². The molecule has 28 heavy (non-hydrogen) atoms. The van der Waals surface area contributed by atoms with Crippen molar-refractivity contribution >= 4 is 33.2 Å². The fraction of sp³-hybridized carbons (Fsp3) is 0.316. The third-order valence-electron chi connectivity index (χ3n) is 4.32. The van der Waals surface area contributed by atoms with Crippen LogP contribution >= 0.6 is 11.6 Å². The molecule has 2 aromatic rings. The summed E-state index contributed by atoms with van der Waals surface area (Å²) in [6.07, 6.45) is -0.383. The minimum atomic E-state index is -3.68. The summed E-state index contributed by atoms with van der Waals surface area (Å²) in [5, 5.41) is 2.50. The Labute approximate surface area is 168 Å². The molecule has 1 fully saturated rings. The van der Waals surface area contributed by atoms with Crippen molar-refractivity contribution in [1.82, 2.24) is 4.31 Å². The molecule has 1 N–H and O–H groups in total. The van der Waals surface area contributed by atoms with E-state index in [0.29, 0.717) is 0 Å². The van der Waals surface area contributed by atoms with E-state index < -0.39 is 21.7 Å². The molecule has 1 aliphatic rings. The number of nitrogens with one attached hydrogen (secondary N) is 1. The Morgan fingerprint density at radius 1 is 1.14 bits per heavy atom. The number of carbonyl (C=O) groups excluding carboxylic acids is 1. The average Bonchev–Trinajstić information content (AvgIpc) is 2.64. The Morgan fingerprint density at radius 2 is 1.75 bits per heavy atom. The van der Waals surface area contributed by atoms with Gasteiger partial charge >= 0.3 is 0 Å². The molecule has 1 amide bonds. The van der Waals surface area contributed by atoms with Gasteiger partial charge < -0.3 is 10.1 Å². The number of amides is 1. The monoisotopic (exact) mass is 426 g/mol. The molecule has 9 heteroatoms. The van der Waals surface area contributed by atoms with E-state index in [-0.39, 0.29) is 46.5 Å². The lowest BCUT2D eigenvalue weighted by Crippen LogP contribution is -2.48. The Kier molecular flexibility index (Phi) is 6.04. The zero-order chi connectivity index (χ0) is 20.5. The van der Waals surface area contributed by atoms with E-state index in [1.165, 1.54) is 40.7 Å². The highest BCUT2D eigenvalue weighted by molar-refractivity contribution is 7.89. The minimum absolute atomic E-state index is 0.0423. The molecule has 0 bridgehead atoms. The van der Waals surface area contributed by atoms with Crippen LogP contribution in [0.25, 0.3) is 0 Å². The number of hydrogen-bond donors (Lipinski definition) is 1.